The first kappa shape index (κ1) is 14.9. The molecule has 0 spiro atoms. The van der Waals surface area contributed by atoms with Gasteiger partial charge in [-0.05, 0) is 12.8 Å². The molecule has 1 fully saturated rings. The highest BCUT2D eigenvalue weighted by Gasteiger charge is 2.28. The van der Waals surface area contributed by atoms with Gasteiger partial charge in [0.1, 0.15) is 6.54 Å². The summed E-state index contributed by atoms with van der Waals surface area (Å²) in [5.74, 6) is -0.118. The second-order valence-electron chi connectivity index (χ2n) is 5.02. The van der Waals surface area contributed by atoms with E-state index in [9.17, 15) is 13.2 Å². The number of carbonyl (C=O) groups excluding carboxylic acids is 1. The quantitative estimate of drug-likeness (QED) is 0.719. The molecule has 0 saturated carbocycles. The molecule has 112 valence electrons. The molecule has 8 nitrogen and oxygen atoms in total. The Bertz CT molecular complexity index is 583. The van der Waals surface area contributed by atoms with Crippen molar-refractivity contribution < 1.29 is 13.2 Å². The van der Waals surface area contributed by atoms with Crippen LogP contribution in [0.4, 0.5) is 0 Å². The van der Waals surface area contributed by atoms with Gasteiger partial charge in [-0.15, -0.1) is 5.10 Å². The molecule has 0 aliphatic carbocycles. The zero-order chi connectivity index (χ0) is 14.8. The lowest BCUT2D eigenvalue weighted by Gasteiger charge is -2.10. The van der Waals surface area contributed by atoms with Gasteiger partial charge in [-0.1, -0.05) is 12.1 Å². The van der Waals surface area contributed by atoms with E-state index in [1.54, 1.807) is 6.20 Å². The lowest BCUT2D eigenvalue weighted by molar-refractivity contribution is -0.122. The van der Waals surface area contributed by atoms with E-state index < -0.39 is 9.84 Å². The number of amides is 1. The molecule has 1 aromatic rings. The van der Waals surface area contributed by atoms with Gasteiger partial charge < -0.3 is 11.1 Å². The summed E-state index contributed by atoms with van der Waals surface area (Å²) in [5, 5.41) is 10.4. The van der Waals surface area contributed by atoms with Gasteiger partial charge in [-0.3, -0.25) is 4.79 Å². The molecule has 2 rings (SSSR count). The van der Waals surface area contributed by atoms with Gasteiger partial charge in [0, 0.05) is 6.04 Å². The van der Waals surface area contributed by atoms with E-state index in [4.69, 9.17) is 5.73 Å². The number of hydrogen-bond donors (Lipinski definition) is 2. The van der Waals surface area contributed by atoms with Crippen LogP contribution in [0.15, 0.2) is 6.20 Å². The molecule has 1 aromatic heterocycles. The maximum Gasteiger partial charge on any atom is 0.242 e. The topological polar surface area (TPSA) is 120 Å². The average molecular weight is 301 g/mol. The molecular weight excluding hydrogens is 282 g/mol. The van der Waals surface area contributed by atoms with Crippen LogP contribution in [0.2, 0.25) is 0 Å². The summed E-state index contributed by atoms with van der Waals surface area (Å²) in [6.07, 6.45) is 2.85. The highest BCUT2D eigenvalue weighted by molar-refractivity contribution is 7.91. The maximum absolute atomic E-state index is 11.8. The van der Waals surface area contributed by atoms with Gasteiger partial charge in [-0.2, -0.15) is 0 Å². The molecule has 9 heteroatoms. The Kier molecular flexibility index (Phi) is 4.39. The summed E-state index contributed by atoms with van der Waals surface area (Å²) in [7, 11) is -2.99. The summed E-state index contributed by atoms with van der Waals surface area (Å²) in [4.78, 5) is 11.8. The van der Waals surface area contributed by atoms with Crippen LogP contribution < -0.4 is 11.1 Å². The van der Waals surface area contributed by atoms with Crippen LogP contribution in [0.1, 0.15) is 31.5 Å². The Morgan fingerprint density at radius 3 is 3.00 bits per heavy atom. The predicted octanol–water partition coefficient (Wildman–Crippen LogP) is -1.01. The molecule has 1 saturated heterocycles. The minimum atomic E-state index is -2.99. The molecule has 1 aliphatic rings. The Balaban J connectivity index is 1.87. The summed E-state index contributed by atoms with van der Waals surface area (Å²) >= 11 is 0. The zero-order valence-corrected chi connectivity index (χ0v) is 12.1. The zero-order valence-electron chi connectivity index (χ0n) is 11.3. The highest BCUT2D eigenvalue weighted by atomic mass is 32.2. The van der Waals surface area contributed by atoms with Crippen LogP contribution in [0.25, 0.3) is 0 Å². The van der Waals surface area contributed by atoms with Crippen LogP contribution in [0.5, 0.6) is 0 Å². The fraction of sp³-hybridized carbons (Fsp3) is 0.727. The van der Waals surface area contributed by atoms with Crippen molar-refractivity contribution in [3.8, 4) is 0 Å². The first-order valence-corrected chi connectivity index (χ1v) is 8.37. The van der Waals surface area contributed by atoms with Crippen molar-refractivity contribution in [1.82, 2.24) is 20.3 Å². The largest absolute Gasteiger partial charge is 0.351 e. The Hall–Kier alpha value is -1.48. The van der Waals surface area contributed by atoms with Gasteiger partial charge in [0.05, 0.1) is 29.4 Å². The number of nitrogens with zero attached hydrogens (tertiary/aromatic N) is 3. The van der Waals surface area contributed by atoms with Crippen molar-refractivity contribution in [1.29, 1.82) is 0 Å². The maximum atomic E-state index is 11.8. The molecule has 2 unspecified atom stereocenters. The Morgan fingerprint density at radius 1 is 1.65 bits per heavy atom. The highest BCUT2D eigenvalue weighted by Crippen LogP contribution is 2.11. The van der Waals surface area contributed by atoms with Crippen molar-refractivity contribution in [3.05, 3.63) is 11.9 Å². The van der Waals surface area contributed by atoms with Gasteiger partial charge in [0.15, 0.2) is 9.84 Å². The van der Waals surface area contributed by atoms with Crippen molar-refractivity contribution in [2.75, 3.05) is 11.5 Å². The summed E-state index contributed by atoms with van der Waals surface area (Å²) in [5.41, 5.74) is 6.46. The van der Waals surface area contributed by atoms with E-state index in [2.05, 4.69) is 15.6 Å². The third-order valence-corrected chi connectivity index (χ3v) is 5.05. The van der Waals surface area contributed by atoms with Crippen molar-refractivity contribution in [2.24, 2.45) is 5.73 Å². The molecule has 2 heterocycles. The van der Waals surface area contributed by atoms with Crippen LogP contribution in [-0.4, -0.2) is 46.9 Å². The van der Waals surface area contributed by atoms with Crippen LogP contribution in [-0.2, 0) is 21.2 Å². The summed E-state index contributed by atoms with van der Waals surface area (Å²) in [6.45, 7) is 1.96. The van der Waals surface area contributed by atoms with E-state index >= 15 is 0 Å². The minimum absolute atomic E-state index is 0.0139. The standard InChI is InChI=1S/C11H19N5O3S/c1-2-9(12)10-5-16(15-14-10)6-11(17)13-8-3-4-20(18,19)7-8/h5,8-9H,2-4,6-7,12H2,1H3,(H,13,17). The summed E-state index contributed by atoms with van der Waals surface area (Å²) < 4.78 is 24.0. The van der Waals surface area contributed by atoms with E-state index in [0.29, 0.717) is 12.1 Å². The third-order valence-electron chi connectivity index (χ3n) is 3.28. The van der Waals surface area contributed by atoms with Crippen molar-refractivity contribution in [3.63, 3.8) is 0 Å². The predicted molar refractivity (Wildman–Crippen MR) is 72.4 cm³/mol. The van der Waals surface area contributed by atoms with E-state index in [0.717, 1.165) is 6.42 Å². The fourth-order valence-corrected chi connectivity index (χ4v) is 3.77. The Morgan fingerprint density at radius 2 is 2.40 bits per heavy atom. The fourth-order valence-electron chi connectivity index (χ4n) is 2.10. The van der Waals surface area contributed by atoms with Gasteiger partial charge in [0.2, 0.25) is 5.91 Å². The van der Waals surface area contributed by atoms with Crippen LogP contribution in [0, 0.1) is 0 Å². The van der Waals surface area contributed by atoms with Crippen molar-refractivity contribution >= 4 is 15.7 Å². The lowest BCUT2D eigenvalue weighted by Crippen LogP contribution is -2.37. The van der Waals surface area contributed by atoms with Crippen LogP contribution in [0.3, 0.4) is 0 Å². The summed E-state index contributed by atoms with van der Waals surface area (Å²) in [6, 6.07) is -0.486. The first-order chi connectivity index (χ1) is 9.39. The number of nitrogens with two attached hydrogens (primary N) is 1. The number of aromatic nitrogens is 3. The van der Waals surface area contributed by atoms with E-state index in [1.165, 1.54) is 4.68 Å². The normalized spacial score (nSPS) is 22.6. The number of rotatable bonds is 5. The van der Waals surface area contributed by atoms with Crippen molar-refractivity contribution in [2.45, 2.75) is 38.4 Å². The van der Waals surface area contributed by atoms with Gasteiger partial charge in [0.25, 0.3) is 0 Å². The number of hydrogen-bond acceptors (Lipinski definition) is 6. The molecule has 20 heavy (non-hydrogen) atoms. The van der Waals surface area contributed by atoms with Gasteiger partial charge in [-0.25, -0.2) is 13.1 Å². The van der Waals surface area contributed by atoms with Crippen LogP contribution >= 0.6 is 0 Å². The first-order valence-electron chi connectivity index (χ1n) is 6.55. The van der Waals surface area contributed by atoms with E-state index in [1.807, 2.05) is 6.92 Å². The molecular formula is C11H19N5O3S. The number of carbonyl (C=O) groups is 1. The SMILES string of the molecule is CCC(N)c1cn(CC(=O)NC2CCS(=O)(=O)C2)nn1. The molecule has 0 aromatic carbocycles. The number of sulfone groups is 1. The Labute approximate surface area is 117 Å². The van der Waals surface area contributed by atoms with Gasteiger partial charge >= 0.3 is 0 Å². The second kappa shape index (κ2) is 5.88. The molecule has 0 radical (unpaired) electrons. The molecule has 1 amide bonds. The smallest absolute Gasteiger partial charge is 0.242 e. The number of nitrogens with one attached hydrogen (secondary N) is 1. The third kappa shape index (κ3) is 3.76. The average Bonchev–Trinajstić information content (AvgIpc) is 2.95. The lowest BCUT2D eigenvalue weighted by atomic mass is 10.2. The van der Waals surface area contributed by atoms with E-state index in [-0.39, 0.29) is 36.0 Å². The molecule has 1 aliphatic heterocycles. The monoisotopic (exact) mass is 301 g/mol. The molecule has 3 N–H and O–H groups in total. The minimum Gasteiger partial charge on any atom is -0.351 e. The second-order valence-corrected chi connectivity index (χ2v) is 7.25. The molecule has 0 bridgehead atoms. The molecule has 2 atom stereocenters.